The second-order valence-corrected chi connectivity index (χ2v) is 10.3. The van der Waals surface area contributed by atoms with Crippen molar-refractivity contribution in [1.82, 2.24) is 9.66 Å². The fourth-order valence-electron chi connectivity index (χ4n) is 3.68. The molecule has 38 heavy (non-hydrogen) atoms. The van der Waals surface area contributed by atoms with Crippen LogP contribution in [0.3, 0.4) is 0 Å². The Hall–Kier alpha value is -3.97. The standard InChI is InChI=1S/C25H19Br2N5O6/c1-14(2)24-29-21-7-6-17(26)10-20(21)25(33)30(24)28-12-16-9-18(27)11-22(32(36)37)23(16)38-13-15-4-3-5-19(8-15)31(34)35/h3-12,14H,13H2,1-2H3. The molecule has 0 atom stereocenters. The maximum Gasteiger partial charge on any atom is 0.312 e. The summed E-state index contributed by atoms with van der Waals surface area (Å²) >= 11 is 6.64. The minimum absolute atomic E-state index is 0.107. The molecular weight excluding hydrogens is 626 g/mol. The summed E-state index contributed by atoms with van der Waals surface area (Å²) in [6.07, 6.45) is 1.29. The van der Waals surface area contributed by atoms with Gasteiger partial charge in [0.1, 0.15) is 12.4 Å². The lowest BCUT2D eigenvalue weighted by Gasteiger charge is -2.13. The van der Waals surface area contributed by atoms with Gasteiger partial charge in [0.2, 0.25) is 5.75 Å². The normalized spacial score (nSPS) is 11.4. The smallest absolute Gasteiger partial charge is 0.312 e. The highest BCUT2D eigenvalue weighted by molar-refractivity contribution is 9.10. The van der Waals surface area contributed by atoms with Crippen molar-refractivity contribution in [3.05, 3.63) is 111 Å². The second-order valence-electron chi connectivity index (χ2n) is 8.46. The summed E-state index contributed by atoms with van der Waals surface area (Å²) in [7, 11) is 0. The highest BCUT2D eigenvalue weighted by Crippen LogP contribution is 2.35. The van der Waals surface area contributed by atoms with Crippen molar-refractivity contribution >= 4 is 60.4 Å². The molecule has 4 aromatic rings. The average molecular weight is 645 g/mol. The van der Waals surface area contributed by atoms with Crippen molar-refractivity contribution in [3.8, 4) is 5.75 Å². The van der Waals surface area contributed by atoms with E-state index in [0.29, 0.717) is 31.2 Å². The third-order valence-electron chi connectivity index (χ3n) is 5.43. The van der Waals surface area contributed by atoms with Crippen LogP contribution in [0.15, 0.2) is 73.4 Å². The van der Waals surface area contributed by atoms with E-state index in [9.17, 15) is 25.0 Å². The number of ether oxygens (including phenoxy) is 1. The van der Waals surface area contributed by atoms with Crippen LogP contribution in [0.4, 0.5) is 11.4 Å². The van der Waals surface area contributed by atoms with Crippen molar-refractivity contribution in [3.63, 3.8) is 0 Å². The highest BCUT2D eigenvalue weighted by Gasteiger charge is 2.21. The SMILES string of the molecule is CC(C)c1nc2ccc(Br)cc2c(=O)n1N=Cc1cc(Br)cc([N+](=O)[O-])c1OCc1cccc([N+](=O)[O-])c1. The summed E-state index contributed by atoms with van der Waals surface area (Å²) in [5, 5.41) is 27.6. The number of hydrogen-bond donors (Lipinski definition) is 0. The fourth-order valence-corrected chi connectivity index (χ4v) is 4.50. The number of nitro groups is 2. The molecule has 0 saturated heterocycles. The average Bonchev–Trinajstić information content (AvgIpc) is 2.87. The van der Waals surface area contributed by atoms with E-state index in [1.165, 1.54) is 30.5 Å². The van der Waals surface area contributed by atoms with E-state index >= 15 is 0 Å². The lowest BCUT2D eigenvalue weighted by Crippen LogP contribution is -2.23. The first-order chi connectivity index (χ1) is 18.0. The van der Waals surface area contributed by atoms with Gasteiger partial charge in [-0.3, -0.25) is 25.0 Å². The summed E-state index contributed by atoms with van der Waals surface area (Å²) < 4.78 is 8.06. The molecule has 0 fully saturated rings. The first kappa shape index (κ1) is 27.1. The van der Waals surface area contributed by atoms with Crippen molar-refractivity contribution in [2.24, 2.45) is 5.10 Å². The molecule has 0 saturated carbocycles. The Morgan fingerprint density at radius 1 is 1.05 bits per heavy atom. The number of halogens is 2. The van der Waals surface area contributed by atoms with Gasteiger partial charge in [0, 0.05) is 38.6 Å². The molecule has 0 N–H and O–H groups in total. The van der Waals surface area contributed by atoms with E-state index in [0.717, 1.165) is 4.68 Å². The van der Waals surface area contributed by atoms with Crippen molar-refractivity contribution in [2.45, 2.75) is 26.4 Å². The van der Waals surface area contributed by atoms with E-state index in [2.05, 4.69) is 41.9 Å². The van der Waals surface area contributed by atoms with Crippen LogP contribution in [0.1, 0.15) is 36.7 Å². The molecule has 13 heteroatoms. The lowest BCUT2D eigenvalue weighted by atomic mass is 10.1. The Morgan fingerprint density at radius 2 is 1.82 bits per heavy atom. The zero-order chi connectivity index (χ0) is 27.6. The molecule has 3 aromatic carbocycles. The van der Waals surface area contributed by atoms with Crippen LogP contribution >= 0.6 is 31.9 Å². The van der Waals surface area contributed by atoms with E-state index < -0.39 is 15.4 Å². The zero-order valence-electron chi connectivity index (χ0n) is 20.0. The molecule has 194 valence electrons. The molecule has 0 bridgehead atoms. The van der Waals surface area contributed by atoms with Crippen LogP contribution in [0.2, 0.25) is 0 Å². The van der Waals surface area contributed by atoms with Gasteiger partial charge in [0.25, 0.3) is 11.2 Å². The van der Waals surface area contributed by atoms with Crippen LogP contribution < -0.4 is 10.3 Å². The minimum Gasteiger partial charge on any atom is -0.481 e. The quantitative estimate of drug-likeness (QED) is 0.124. The number of non-ortho nitro benzene ring substituents is 1. The van der Waals surface area contributed by atoms with Gasteiger partial charge in [-0.1, -0.05) is 57.8 Å². The first-order valence-corrected chi connectivity index (χ1v) is 12.7. The van der Waals surface area contributed by atoms with Gasteiger partial charge < -0.3 is 4.74 Å². The topological polar surface area (TPSA) is 143 Å². The van der Waals surface area contributed by atoms with E-state index in [1.807, 2.05) is 13.8 Å². The van der Waals surface area contributed by atoms with Crippen molar-refractivity contribution in [1.29, 1.82) is 0 Å². The number of benzene rings is 3. The van der Waals surface area contributed by atoms with Gasteiger partial charge in [-0.2, -0.15) is 9.78 Å². The summed E-state index contributed by atoms with van der Waals surface area (Å²) in [6.45, 7) is 3.57. The summed E-state index contributed by atoms with van der Waals surface area (Å²) in [6, 6.07) is 13.8. The van der Waals surface area contributed by atoms with Gasteiger partial charge in [-0.15, -0.1) is 0 Å². The van der Waals surface area contributed by atoms with Crippen molar-refractivity contribution in [2.75, 3.05) is 0 Å². The third kappa shape index (κ3) is 5.78. The van der Waals surface area contributed by atoms with Gasteiger partial charge in [-0.05, 0) is 29.8 Å². The van der Waals surface area contributed by atoms with Gasteiger partial charge in [0.05, 0.1) is 27.0 Å². The highest BCUT2D eigenvalue weighted by atomic mass is 79.9. The van der Waals surface area contributed by atoms with Crippen LogP contribution in [-0.4, -0.2) is 25.7 Å². The molecular formula is C25H19Br2N5O6. The lowest BCUT2D eigenvalue weighted by molar-refractivity contribution is -0.386. The number of nitro benzene ring substituents is 2. The predicted octanol–water partition coefficient (Wildman–Crippen LogP) is 6.32. The van der Waals surface area contributed by atoms with Crippen LogP contribution in [0, 0.1) is 20.2 Å². The summed E-state index contributed by atoms with van der Waals surface area (Å²) in [5.41, 5.74) is 0.305. The monoisotopic (exact) mass is 643 g/mol. The van der Waals surface area contributed by atoms with Crippen LogP contribution in [-0.2, 0) is 6.61 Å². The number of hydrogen-bond acceptors (Lipinski definition) is 8. The first-order valence-electron chi connectivity index (χ1n) is 11.2. The molecule has 0 aliphatic carbocycles. The number of aromatic nitrogens is 2. The molecule has 1 aromatic heterocycles. The minimum atomic E-state index is -0.605. The number of fused-ring (bicyclic) bond motifs is 1. The maximum atomic E-state index is 13.3. The molecule has 0 unspecified atom stereocenters. The molecule has 0 amide bonds. The Labute approximate surface area is 232 Å². The Kier molecular flexibility index (Phi) is 7.97. The van der Waals surface area contributed by atoms with Crippen molar-refractivity contribution < 1.29 is 14.6 Å². The van der Waals surface area contributed by atoms with E-state index in [4.69, 9.17) is 4.74 Å². The van der Waals surface area contributed by atoms with Crippen LogP contribution in [0.25, 0.3) is 10.9 Å². The van der Waals surface area contributed by atoms with E-state index in [-0.39, 0.29) is 35.2 Å². The Balaban J connectivity index is 1.81. The molecule has 0 aliphatic rings. The second kappa shape index (κ2) is 11.2. The molecule has 0 aliphatic heterocycles. The Morgan fingerprint density at radius 3 is 2.50 bits per heavy atom. The zero-order valence-corrected chi connectivity index (χ0v) is 23.2. The predicted molar refractivity (Wildman–Crippen MR) is 149 cm³/mol. The fraction of sp³-hybridized carbons (Fsp3) is 0.160. The van der Waals surface area contributed by atoms with Gasteiger partial charge in [-0.25, -0.2) is 4.98 Å². The van der Waals surface area contributed by atoms with Gasteiger partial charge >= 0.3 is 5.69 Å². The van der Waals surface area contributed by atoms with Crippen LogP contribution in [0.5, 0.6) is 5.75 Å². The largest absolute Gasteiger partial charge is 0.481 e. The molecule has 11 nitrogen and oxygen atoms in total. The summed E-state index contributed by atoms with van der Waals surface area (Å²) in [4.78, 5) is 39.7. The summed E-state index contributed by atoms with van der Waals surface area (Å²) in [5.74, 6) is 0.142. The number of rotatable bonds is 8. The molecule has 0 spiro atoms. The number of nitrogens with zero attached hydrogens (tertiary/aromatic N) is 5. The molecule has 1 heterocycles. The maximum absolute atomic E-state index is 13.3. The molecule has 0 radical (unpaired) electrons. The third-order valence-corrected chi connectivity index (χ3v) is 6.38. The van der Waals surface area contributed by atoms with Gasteiger partial charge in [0.15, 0.2) is 0 Å². The molecule has 4 rings (SSSR count). The van der Waals surface area contributed by atoms with E-state index in [1.54, 1.807) is 30.3 Å². The Bertz CT molecular complexity index is 1670.